The minimum Gasteiger partial charge on any atom is -0.493 e. The molecule has 0 N–H and O–H groups in total. The average molecular weight is 424 g/mol. The largest absolute Gasteiger partial charge is 0.493 e. The fourth-order valence-corrected chi connectivity index (χ4v) is 3.26. The second-order valence-corrected chi connectivity index (χ2v) is 7.42. The summed E-state index contributed by atoms with van der Waals surface area (Å²) >= 11 is 0. The highest BCUT2D eigenvalue weighted by atomic mass is 16.5. The average Bonchev–Trinajstić information content (AvgIpc) is 2.84. The summed E-state index contributed by atoms with van der Waals surface area (Å²) in [5.41, 5.74) is 4.84. The smallest absolute Gasteiger partial charge is 0.343 e. The molecule has 0 aliphatic rings. The lowest BCUT2D eigenvalue weighted by Crippen LogP contribution is -2.08. The number of carbonyl (C=O) groups excluding carboxylic acids is 1. The molecule has 0 radical (unpaired) electrons. The van der Waals surface area contributed by atoms with Gasteiger partial charge in [-0.2, -0.15) is 0 Å². The molecule has 0 amide bonds. The van der Waals surface area contributed by atoms with Gasteiger partial charge in [0.1, 0.15) is 12.4 Å². The van der Waals surface area contributed by atoms with E-state index in [-0.39, 0.29) is 0 Å². The number of hydrogen-bond donors (Lipinski definition) is 0. The Kier molecular flexibility index (Phi) is 6.52. The highest BCUT2D eigenvalue weighted by molar-refractivity contribution is 5.91. The van der Waals surface area contributed by atoms with Gasteiger partial charge in [0.2, 0.25) is 0 Å². The van der Waals surface area contributed by atoms with E-state index in [4.69, 9.17) is 14.2 Å². The van der Waals surface area contributed by atoms with Crippen molar-refractivity contribution in [2.75, 3.05) is 7.11 Å². The van der Waals surface area contributed by atoms with Crippen molar-refractivity contribution in [2.24, 2.45) is 0 Å². The zero-order valence-corrected chi connectivity index (χ0v) is 18.1. The van der Waals surface area contributed by atoms with Crippen LogP contribution in [-0.4, -0.2) is 13.1 Å². The Balaban J connectivity index is 1.36. The number of para-hydroxylation sites is 2. The summed E-state index contributed by atoms with van der Waals surface area (Å²) in [4.78, 5) is 12.5. The SMILES string of the molecule is COc1ccccc1OCc1ccc(C(=O)Oc2ccc(-c3ccc(C)cc3)cc2)cc1. The maximum absolute atomic E-state index is 12.5. The van der Waals surface area contributed by atoms with Gasteiger partial charge in [-0.15, -0.1) is 0 Å². The van der Waals surface area contributed by atoms with E-state index in [1.807, 2.05) is 60.7 Å². The summed E-state index contributed by atoms with van der Waals surface area (Å²) in [6, 6.07) is 30.5. The lowest BCUT2D eigenvalue weighted by Gasteiger charge is -2.10. The molecule has 0 fully saturated rings. The second kappa shape index (κ2) is 9.84. The standard InChI is InChI=1S/C28H24O4/c1-20-7-11-22(12-8-20)23-15-17-25(18-16-23)32-28(29)24-13-9-21(10-14-24)19-31-27-6-4-3-5-26(27)30-2/h3-18H,19H2,1-2H3. The van der Waals surface area contributed by atoms with Crippen molar-refractivity contribution in [3.05, 3.63) is 114 Å². The molecule has 160 valence electrons. The van der Waals surface area contributed by atoms with Gasteiger partial charge in [-0.05, 0) is 60.0 Å². The second-order valence-electron chi connectivity index (χ2n) is 7.42. The number of aryl methyl sites for hydroxylation is 1. The van der Waals surface area contributed by atoms with E-state index in [2.05, 4.69) is 31.2 Å². The fraction of sp³-hybridized carbons (Fsp3) is 0.107. The zero-order chi connectivity index (χ0) is 22.3. The van der Waals surface area contributed by atoms with Gasteiger partial charge in [-0.3, -0.25) is 0 Å². The van der Waals surface area contributed by atoms with Crippen LogP contribution in [0.15, 0.2) is 97.1 Å². The zero-order valence-electron chi connectivity index (χ0n) is 18.1. The normalized spacial score (nSPS) is 10.4. The van der Waals surface area contributed by atoms with Crippen molar-refractivity contribution in [2.45, 2.75) is 13.5 Å². The van der Waals surface area contributed by atoms with Crippen LogP contribution in [0.3, 0.4) is 0 Å². The molecular weight excluding hydrogens is 400 g/mol. The fourth-order valence-electron chi connectivity index (χ4n) is 3.26. The number of rotatable bonds is 7. The number of esters is 1. The molecule has 4 nitrogen and oxygen atoms in total. The minimum atomic E-state index is -0.398. The lowest BCUT2D eigenvalue weighted by atomic mass is 10.0. The third-order valence-electron chi connectivity index (χ3n) is 5.10. The van der Waals surface area contributed by atoms with E-state index in [1.165, 1.54) is 5.56 Å². The first kappa shape index (κ1) is 21.2. The Morgan fingerprint density at radius 1 is 0.719 bits per heavy atom. The first-order valence-electron chi connectivity index (χ1n) is 10.4. The third-order valence-corrected chi connectivity index (χ3v) is 5.10. The van der Waals surface area contributed by atoms with Gasteiger partial charge in [0.05, 0.1) is 12.7 Å². The maximum atomic E-state index is 12.5. The van der Waals surface area contributed by atoms with Crippen molar-refractivity contribution >= 4 is 5.97 Å². The van der Waals surface area contributed by atoms with E-state index in [1.54, 1.807) is 19.2 Å². The number of hydrogen-bond acceptors (Lipinski definition) is 4. The Morgan fingerprint density at radius 3 is 1.94 bits per heavy atom. The number of ether oxygens (including phenoxy) is 3. The highest BCUT2D eigenvalue weighted by Crippen LogP contribution is 2.27. The predicted molar refractivity (Wildman–Crippen MR) is 125 cm³/mol. The molecule has 4 rings (SSSR count). The molecular formula is C28H24O4. The third kappa shape index (κ3) is 5.16. The van der Waals surface area contributed by atoms with Crippen molar-refractivity contribution in [3.63, 3.8) is 0 Å². The summed E-state index contributed by atoms with van der Waals surface area (Å²) in [5.74, 6) is 1.47. The first-order valence-corrected chi connectivity index (χ1v) is 10.4. The molecule has 4 aromatic carbocycles. The van der Waals surface area contributed by atoms with Crippen LogP contribution in [0.4, 0.5) is 0 Å². The summed E-state index contributed by atoms with van der Waals surface area (Å²) in [6.07, 6.45) is 0. The molecule has 4 heteroatoms. The van der Waals surface area contributed by atoms with E-state index < -0.39 is 5.97 Å². The van der Waals surface area contributed by atoms with E-state index in [0.29, 0.717) is 29.4 Å². The van der Waals surface area contributed by atoms with Crippen LogP contribution in [0, 0.1) is 6.92 Å². The monoisotopic (exact) mass is 424 g/mol. The molecule has 32 heavy (non-hydrogen) atoms. The molecule has 0 heterocycles. The van der Waals surface area contributed by atoms with Gasteiger partial charge in [0, 0.05) is 0 Å². The maximum Gasteiger partial charge on any atom is 0.343 e. The molecule has 0 aliphatic heterocycles. The quantitative estimate of drug-likeness (QED) is 0.252. The number of benzene rings is 4. The molecule has 4 aromatic rings. The van der Waals surface area contributed by atoms with Crippen LogP contribution < -0.4 is 14.2 Å². The molecule has 0 unspecified atom stereocenters. The Labute approximate surface area is 188 Å². The molecule has 0 aliphatic carbocycles. The van der Waals surface area contributed by atoms with Gasteiger partial charge < -0.3 is 14.2 Å². The molecule has 0 saturated carbocycles. The van der Waals surface area contributed by atoms with Gasteiger partial charge in [0.25, 0.3) is 0 Å². The van der Waals surface area contributed by atoms with Crippen LogP contribution in [-0.2, 0) is 6.61 Å². The summed E-state index contributed by atoms with van der Waals surface area (Å²) < 4.78 is 16.6. The summed E-state index contributed by atoms with van der Waals surface area (Å²) in [6.45, 7) is 2.43. The lowest BCUT2D eigenvalue weighted by molar-refractivity contribution is 0.0734. The van der Waals surface area contributed by atoms with Crippen LogP contribution in [0.25, 0.3) is 11.1 Å². The molecule has 0 aromatic heterocycles. The van der Waals surface area contributed by atoms with E-state index in [9.17, 15) is 4.79 Å². The van der Waals surface area contributed by atoms with Crippen molar-refractivity contribution in [3.8, 4) is 28.4 Å². The van der Waals surface area contributed by atoms with E-state index in [0.717, 1.165) is 16.7 Å². The van der Waals surface area contributed by atoms with Crippen molar-refractivity contribution in [1.82, 2.24) is 0 Å². The highest BCUT2D eigenvalue weighted by Gasteiger charge is 2.10. The Morgan fingerprint density at radius 2 is 1.31 bits per heavy atom. The predicted octanol–water partition coefficient (Wildman–Crippen LogP) is 6.47. The minimum absolute atomic E-state index is 0.371. The van der Waals surface area contributed by atoms with Crippen LogP contribution in [0.1, 0.15) is 21.5 Å². The molecule has 0 spiro atoms. The van der Waals surface area contributed by atoms with Gasteiger partial charge >= 0.3 is 5.97 Å². The Bertz CT molecular complexity index is 1180. The van der Waals surface area contributed by atoms with Gasteiger partial charge in [-0.1, -0.05) is 66.2 Å². The van der Waals surface area contributed by atoms with Crippen molar-refractivity contribution in [1.29, 1.82) is 0 Å². The van der Waals surface area contributed by atoms with Gasteiger partial charge in [0.15, 0.2) is 11.5 Å². The van der Waals surface area contributed by atoms with E-state index >= 15 is 0 Å². The first-order chi connectivity index (χ1) is 15.6. The summed E-state index contributed by atoms with van der Waals surface area (Å²) in [7, 11) is 1.61. The Hall–Kier alpha value is -4.05. The van der Waals surface area contributed by atoms with Crippen molar-refractivity contribution < 1.29 is 19.0 Å². The molecule has 0 saturated heterocycles. The molecule has 0 bridgehead atoms. The molecule has 0 atom stereocenters. The number of carbonyl (C=O) groups is 1. The summed E-state index contributed by atoms with van der Waals surface area (Å²) in [5, 5.41) is 0. The van der Waals surface area contributed by atoms with Crippen LogP contribution in [0.5, 0.6) is 17.2 Å². The van der Waals surface area contributed by atoms with Gasteiger partial charge in [-0.25, -0.2) is 4.79 Å². The number of methoxy groups -OCH3 is 1. The van der Waals surface area contributed by atoms with Crippen LogP contribution >= 0.6 is 0 Å². The van der Waals surface area contributed by atoms with Crippen LogP contribution in [0.2, 0.25) is 0 Å². The topological polar surface area (TPSA) is 44.8 Å².